The van der Waals surface area contributed by atoms with Crippen LogP contribution in [0.2, 0.25) is 0 Å². The van der Waals surface area contributed by atoms with Gasteiger partial charge in [-0.1, -0.05) is 12.1 Å². The molecule has 1 amide bonds. The molecular formula is C19H21NO4S. The highest BCUT2D eigenvalue weighted by Gasteiger charge is 2.10. The summed E-state index contributed by atoms with van der Waals surface area (Å²) in [6.45, 7) is 0.464. The summed E-state index contributed by atoms with van der Waals surface area (Å²) in [5.41, 5.74) is 1.15. The summed E-state index contributed by atoms with van der Waals surface area (Å²) in [6, 6.07) is 14.3. The lowest BCUT2D eigenvalue weighted by Gasteiger charge is -2.17. The Labute approximate surface area is 151 Å². The smallest absolute Gasteiger partial charge is 0.335 e. The predicted octanol–water partition coefficient (Wildman–Crippen LogP) is 3.53. The number of rotatable bonds is 8. The molecule has 0 fully saturated rings. The molecule has 0 spiro atoms. The van der Waals surface area contributed by atoms with Crippen molar-refractivity contribution in [3.8, 4) is 5.75 Å². The number of hydrogen-bond donors (Lipinski definition) is 1. The quantitative estimate of drug-likeness (QED) is 0.730. The zero-order valence-electron chi connectivity index (χ0n) is 14.3. The fourth-order valence-corrected chi connectivity index (χ4v) is 3.07. The van der Waals surface area contributed by atoms with Gasteiger partial charge in [0.05, 0.1) is 12.7 Å². The Morgan fingerprint density at radius 3 is 2.28 bits per heavy atom. The van der Waals surface area contributed by atoms with Gasteiger partial charge in [0.1, 0.15) is 5.75 Å². The number of carboxylic acid groups (broad SMARTS) is 1. The van der Waals surface area contributed by atoms with Crippen LogP contribution in [0.5, 0.6) is 5.75 Å². The van der Waals surface area contributed by atoms with E-state index in [1.165, 1.54) is 0 Å². The fraction of sp³-hybridized carbons (Fsp3) is 0.263. The van der Waals surface area contributed by atoms with E-state index >= 15 is 0 Å². The minimum absolute atomic E-state index is 0.0586. The Bertz CT molecular complexity index is 713. The van der Waals surface area contributed by atoms with Gasteiger partial charge in [-0.25, -0.2) is 4.79 Å². The first kappa shape index (κ1) is 18.9. The van der Waals surface area contributed by atoms with Crippen LogP contribution in [0.3, 0.4) is 0 Å². The molecule has 0 bridgehead atoms. The third-order valence-corrected chi connectivity index (χ3v) is 4.70. The molecule has 0 atom stereocenters. The van der Waals surface area contributed by atoms with Crippen LogP contribution in [0.4, 0.5) is 0 Å². The number of ether oxygens (including phenoxy) is 1. The number of carboxylic acids is 1. The first-order chi connectivity index (χ1) is 12.0. The van der Waals surface area contributed by atoms with E-state index in [1.54, 1.807) is 55.1 Å². The molecule has 0 unspecified atom stereocenters. The summed E-state index contributed by atoms with van der Waals surface area (Å²) in [7, 11) is 3.39. The van der Waals surface area contributed by atoms with Gasteiger partial charge in [0, 0.05) is 30.7 Å². The van der Waals surface area contributed by atoms with Gasteiger partial charge in [0.25, 0.3) is 0 Å². The molecule has 0 heterocycles. The molecule has 0 saturated carbocycles. The zero-order chi connectivity index (χ0) is 18.2. The molecule has 132 valence electrons. The lowest BCUT2D eigenvalue weighted by molar-refractivity contribution is -0.129. The van der Waals surface area contributed by atoms with Crippen molar-refractivity contribution in [1.82, 2.24) is 4.90 Å². The van der Waals surface area contributed by atoms with E-state index in [1.807, 2.05) is 24.3 Å². The lowest BCUT2D eigenvalue weighted by Crippen LogP contribution is -2.26. The largest absolute Gasteiger partial charge is 0.497 e. The van der Waals surface area contributed by atoms with Crippen molar-refractivity contribution in [3.63, 3.8) is 0 Å². The van der Waals surface area contributed by atoms with Crippen molar-refractivity contribution in [2.24, 2.45) is 0 Å². The average molecular weight is 359 g/mol. The number of benzene rings is 2. The number of hydrogen-bond acceptors (Lipinski definition) is 4. The molecule has 0 radical (unpaired) electrons. The van der Waals surface area contributed by atoms with Crippen LogP contribution in [0.1, 0.15) is 22.3 Å². The molecule has 0 saturated heterocycles. The van der Waals surface area contributed by atoms with Crippen molar-refractivity contribution < 1.29 is 19.4 Å². The second kappa shape index (κ2) is 9.13. The molecule has 2 aromatic rings. The Morgan fingerprint density at radius 1 is 1.08 bits per heavy atom. The van der Waals surface area contributed by atoms with E-state index in [0.29, 0.717) is 18.7 Å². The number of carbonyl (C=O) groups is 2. The number of carbonyl (C=O) groups excluding carboxylic acids is 1. The van der Waals surface area contributed by atoms with Gasteiger partial charge >= 0.3 is 5.97 Å². The second-order valence-corrected chi connectivity index (χ2v) is 6.69. The fourth-order valence-electron chi connectivity index (χ4n) is 2.23. The number of aromatic carboxylic acids is 1. The summed E-state index contributed by atoms with van der Waals surface area (Å²) in [4.78, 5) is 25.8. The summed E-state index contributed by atoms with van der Waals surface area (Å²) in [5.74, 6) is 0.622. The molecule has 2 aromatic carbocycles. The highest BCUT2D eigenvalue weighted by atomic mass is 32.2. The molecule has 0 aromatic heterocycles. The van der Waals surface area contributed by atoms with Gasteiger partial charge in [0.2, 0.25) is 5.91 Å². The van der Waals surface area contributed by atoms with Crippen molar-refractivity contribution in [2.75, 3.05) is 19.9 Å². The average Bonchev–Trinajstić information content (AvgIpc) is 2.62. The summed E-state index contributed by atoms with van der Waals surface area (Å²) < 4.78 is 5.12. The van der Waals surface area contributed by atoms with E-state index in [4.69, 9.17) is 9.84 Å². The monoisotopic (exact) mass is 359 g/mol. The van der Waals surface area contributed by atoms with Gasteiger partial charge in [-0.05, 0) is 42.0 Å². The van der Waals surface area contributed by atoms with Crippen molar-refractivity contribution in [2.45, 2.75) is 17.9 Å². The van der Waals surface area contributed by atoms with Crippen molar-refractivity contribution in [3.05, 3.63) is 59.7 Å². The first-order valence-corrected chi connectivity index (χ1v) is 8.81. The summed E-state index contributed by atoms with van der Waals surface area (Å²) in [6.07, 6.45) is 0.445. The third-order valence-electron chi connectivity index (χ3n) is 3.69. The van der Waals surface area contributed by atoms with E-state index in [2.05, 4.69) is 0 Å². The normalized spacial score (nSPS) is 10.3. The van der Waals surface area contributed by atoms with Gasteiger partial charge < -0.3 is 14.7 Å². The molecular weight excluding hydrogens is 338 g/mol. The maximum absolute atomic E-state index is 12.2. The van der Waals surface area contributed by atoms with E-state index < -0.39 is 5.97 Å². The molecule has 1 N–H and O–H groups in total. The van der Waals surface area contributed by atoms with Crippen LogP contribution in [-0.2, 0) is 11.3 Å². The van der Waals surface area contributed by atoms with Gasteiger partial charge in [-0.2, -0.15) is 0 Å². The van der Waals surface area contributed by atoms with Crippen molar-refractivity contribution >= 4 is 23.6 Å². The highest BCUT2D eigenvalue weighted by Crippen LogP contribution is 2.22. The number of thioether (sulfide) groups is 1. The second-order valence-electron chi connectivity index (χ2n) is 5.53. The van der Waals surface area contributed by atoms with Crippen LogP contribution in [0, 0.1) is 0 Å². The summed E-state index contributed by atoms with van der Waals surface area (Å²) >= 11 is 1.63. The summed E-state index contributed by atoms with van der Waals surface area (Å²) in [5, 5.41) is 8.89. The van der Waals surface area contributed by atoms with Gasteiger partial charge in [0.15, 0.2) is 0 Å². The number of nitrogens with zero attached hydrogens (tertiary/aromatic N) is 1. The van der Waals surface area contributed by atoms with Crippen LogP contribution < -0.4 is 4.74 Å². The lowest BCUT2D eigenvalue weighted by atomic mass is 10.1. The molecule has 0 aliphatic heterocycles. The van der Waals surface area contributed by atoms with Crippen LogP contribution in [-0.4, -0.2) is 41.8 Å². The maximum atomic E-state index is 12.2. The molecule has 25 heavy (non-hydrogen) atoms. The Kier molecular flexibility index (Phi) is 6.89. The Morgan fingerprint density at radius 2 is 1.72 bits per heavy atom. The minimum Gasteiger partial charge on any atom is -0.497 e. The molecule has 5 nitrogen and oxygen atoms in total. The molecule has 6 heteroatoms. The first-order valence-electron chi connectivity index (χ1n) is 7.82. The third kappa shape index (κ3) is 5.83. The van der Waals surface area contributed by atoms with Gasteiger partial charge in [-0.15, -0.1) is 11.8 Å². The Hall–Kier alpha value is -2.47. The van der Waals surface area contributed by atoms with Crippen LogP contribution >= 0.6 is 11.8 Å². The molecule has 0 aliphatic rings. The van der Waals surface area contributed by atoms with Crippen molar-refractivity contribution in [1.29, 1.82) is 0 Å². The minimum atomic E-state index is -0.952. The number of amides is 1. The maximum Gasteiger partial charge on any atom is 0.335 e. The van der Waals surface area contributed by atoms with E-state index in [0.717, 1.165) is 16.2 Å². The SMILES string of the molecule is COc1ccc(SCCC(=O)N(C)Cc2ccc(C(=O)O)cc2)cc1. The van der Waals surface area contributed by atoms with Crippen LogP contribution in [0.25, 0.3) is 0 Å². The van der Waals surface area contributed by atoms with Crippen LogP contribution in [0.15, 0.2) is 53.4 Å². The standard InChI is InChI=1S/C19H21NO4S/c1-20(13-14-3-5-15(6-4-14)19(22)23)18(21)11-12-25-17-9-7-16(24-2)8-10-17/h3-10H,11-13H2,1-2H3,(H,22,23). The molecule has 2 rings (SSSR count). The van der Waals surface area contributed by atoms with E-state index in [9.17, 15) is 9.59 Å². The highest BCUT2D eigenvalue weighted by molar-refractivity contribution is 7.99. The Balaban J connectivity index is 1.78. The topological polar surface area (TPSA) is 66.8 Å². The molecule has 0 aliphatic carbocycles. The van der Waals surface area contributed by atoms with E-state index in [-0.39, 0.29) is 11.5 Å². The van der Waals surface area contributed by atoms with Gasteiger partial charge in [-0.3, -0.25) is 4.79 Å². The predicted molar refractivity (Wildman–Crippen MR) is 98.2 cm³/mol. The zero-order valence-corrected chi connectivity index (χ0v) is 15.1. The number of methoxy groups -OCH3 is 1.